The van der Waals surface area contributed by atoms with Crippen molar-refractivity contribution in [2.45, 2.75) is 38.8 Å². The molecule has 0 bridgehead atoms. The standard InChI is InChI=1S/C15H22N2O2/c1-3-16-13-8-5-4-7-12(13)15(18)17-11(2)14-9-6-10-19-14/h4-5,7-8,11,14,16H,3,6,9-10H2,1-2H3,(H,17,18). The van der Waals surface area contributed by atoms with Gasteiger partial charge in [-0.3, -0.25) is 4.79 Å². The highest BCUT2D eigenvalue weighted by atomic mass is 16.5. The van der Waals surface area contributed by atoms with Crippen molar-refractivity contribution >= 4 is 11.6 Å². The summed E-state index contributed by atoms with van der Waals surface area (Å²) in [6.45, 7) is 5.62. The van der Waals surface area contributed by atoms with Crippen LogP contribution in [0.1, 0.15) is 37.0 Å². The number of carbonyl (C=O) groups is 1. The van der Waals surface area contributed by atoms with Crippen LogP contribution in [0.5, 0.6) is 0 Å². The van der Waals surface area contributed by atoms with Crippen molar-refractivity contribution in [3.05, 3.63) is 29.8 Å². The molecule has 1 saturated heterocycles. The van der Waals surface area contributed by atoms with Crippen LogP contribution < -0.4 is 10.6 Å². The number of benzene rings is 1. The minimum Gasteiger partial charge on any atom is -0.385 e. The lowest BCUT2D eigenvalue weighted by Gasteiger charge is -2.20. The van der Waals surface area contributed by atoms with E-state index in [1.807, 2.05) is 38.1 Å². The summed E-state index contributed by atoms with van der Waals surface area (Å²) in [7, 11) is 0. The molecule has 4 nitrogen and oxygen atoms in total. The minimum atomic E-state index is -0.0421. The van der Waals surface area contributed by atoms with Crippen molar-refractivity contribution in [1.29, 1.82) is 0 Å². The van der Waals surface area contributed by atoms with Gasteiger partial charge in [0, 0.05) is 18.8 Å². The fourth-order valence-electron chi connectivity index (χ4n) is 2.40. The van der Waals surface area contributed by atoms with Gasteiger partial charge in [-0.25, -0.2) is 0 Å². The molecule has 1 heterocycles. The van der Waals surface area contributed by atoms with Gasteiger partial charge in [-0.2, -0.15) is 0 Å². The number of anilines is 1. The SMILES string of the molecule is CCNc1ccccc1C(=O)NC(C)C1CCCO1. The molecule has 0 spiro atoms. The van der Waals surface area contributed by atoms with Crippen molar-refractivity contribution < 1.29 is 9.53 Å². The maximum Gasteiger partial charge on any atom is 0.253 e. The summed E-state index contributed by atoms with van der Waals surface area (Å²) in [4.78, 5) is 12.3. The van der Waals surface area contributed by atoms with Crippen LogP contribution in [0.4, 0.5) is 5.69 Å². The zero-order valence-corrected chi connectivity index (χ0v) is 11.6. The number of hydrogen-bond acceptors (Lipinski definition) is 3. The summed E-state index contributed by atoms with van der Waals surface area (Å²) in [5.41, 5.74) is 1.57. The molecule has 2 N–H and O–H groups in total. The van der Waals surface area contributed by atoms with Crippen molar-refractivity contribution in [2.24, 2.45) is 0 Å². The molecule has 4 heteroatoms. The maximum absolute atomic E-state index is 12.3. The largest absolute Gasteiger partial charge is 0.385 e. The first-order valence-electron chi connectivity index (χ1n) is 6.97. The quantitative estimate of drug-likeness (QED) is 0.856. The van der Waals surface area contributed by atoms with E-state index >= 15 is 0 Å². The summed E-state index contributed by atoms with van der Waals surface area (Å²) in [6, 6.07) is 7.62. The van der Waals surface area contributed by atoms with Gasteiger partial charge in [-0.1, -0.05) is 12.1 Å². The number of nitrogens with one attached hydrogen (secondary N) is 2. The van der Waals surface area contributed by atoms with Gasteiger partial charge in [0.25, 0.3) is 5.91 Å². The van der Waals surface area contributed by atoms with E-state index in [9.17, 15) is 4.79 Å². The molecule has 1 aromatic carbocycles. The van der Waals surface area contributed by atoms with Crippen LogP contribution in [0.3, 0.4) is 0 Å². The average molecular weight is 262 g/mol. The fraction of sp³-hybridized carbons (Fsp3) is 0.533. The maximum atomic E-state index is 12.3. The topological polar surface area (TPSA) is 50.4 Å². The molecular formula is C15H22N2O2. The van der Waals surface area contributed by atoms with Crippen molar-refractivity contribution in [2.75, 3.05) is 18.5 Å². The Kier molecular flexibility index (Phi) is 4.80. The summed E-state index contributed by atoms with van der Waals surface area (Å²) in [6.07, 6.45) is 2.25. The highest BCUT2D eigenvalue weighted by Gasteiger charge is 2.24. The molecule has 1 amide bonds. The van der Waals surface area contributed by atoms with Crippen LogP contribution in [0.15, 0.2) is 24.3 Å². The molecule has 1 aliphatic rings. The van der Waals surface area contributed by atoms with Crippen LogP contribution in [-0.2, 0) is 4.74 Å². The number of hydrogen-bond donors (Lipinski definition) is 2. The van der Waals surface area contributed by atoms with E-state index in [1.165, 1.54) is 0 Å². The second-order valence-electron chi connectivity index (χ2n) is 4.89. The lowest BCUT2D eigenvalue weighted by atomic mass is 10.1. The first kappa shape index (κ1) is 13.9. The van der Waals surface area contributed by atoms with Crippen LogP contribution in [0, 0.1) is 0 Å². The van der Waals surface area contributed by atoms with Crippen LogP contribution in [0.25, 0.3) is 0 Å². The van der Waals surface area contributed by atoms with Crippen molar-refractivity contribution in [3.63, 3.8) is 0 Å². The lowest BCUT2D eigenvalue weighted by molar-refractivity contribution is 0.0713. The summed E-state index contributed by atoms with van der Waals surface area (Å²) < 4.78 is 5.60. The van der Waals surface area contributed by atoms with Gasteiger partial charge in [0.2, 0.25) is 0 Å². The first-order valence-corrected chi connectivity index (χ1v) is 6.97. The summed E-state index contributed by atoms with van der Waals surface area (Å²) in [5, 5.41) is 6.24. The van der Waals surface area contributed by atoms with Crippen LogP contribution in [0.2, 0.25) is 0 Å². The van der Waals surface area contributed by atoms with E-state index in [0.717, 1.165) is 31.7 Å². The first-order chi connectivity index (χ1) is 9.22. The third-order valence-corrected chi connectivity index (χ3v) is 3.42. The number of rotatable bonds is 5. The summed E-state index contributed by atoms with van der Waals surface area (Å²) >= 11 is 0. The predicted molar refractivity (Wildman–Crippen MR) is 76.5 cm³/mol. The van der Waals surface area contributed by atoms with E-state index in [2.05, 4.69) is 10.6 Å². The van der Waals surface area contributed by atoms with E-state index in [0.29, 0.717) is 5.56 Å². The van der Waals surface area contributed by atoms with Gasteiger partial charge >= 0.3 is 0 Å². The molecule has 1 fully saturated rings. The molecule has 0 aromatic heterocycles. The molecular weight excluding hydrogens is 240 g/mol. The van der Waals surface area contributed by atoms with Gasteiger partial charge in [0.05, 0.1) is 17.7 Å². The molecule has 1 aliphatic heterocycles. The lowest BCUT2D eigenvalue weighted by Crippen LogP contribution is -2.41. The second kappa shape index (κ2) is 6.57. The van der Waals surface area contributed by atoms with Crippen molar-refractivity contribution in [3.8, 4) is 0 Å². The molecule has 0 aliphatic carbocycles. The van der Waals surface area contributed by atoms with Gasteiger partial charge in [0.1, 0.15) is 0 Å². The average Bonchev–Trinajstić information content (AvgIpc) is 2.93. The third kappa shape index (κ3) is 3.47. The third-order valence-electron chi connectivity index (χ3n) is 3.42. The molecule has 2 atom stereocenters. The number of carbonyl (C=O) groups excluding carboxylic acids is 1. The van der Waals surface area contributed by atoms with Gasteiger partial charge < -0.3 is 15.4 Å². The van der Waals surface area contributed by atoms with E-state index in [-0.39, 0.29) is 18.1 Å². The molecule has 2 rings (SSSR count). The zero-order valence-electron chi connectivity index (χ0n) is 11.6. The van der Waals surface area contributed by atoms with Crippen molar-refractivity contribution in [1.82, 2.24) is 5.32 Å². The Morgan fingerprint density at radius 2 is 2.26 bits per heavy atom. The van der Waals surface area contributed by atoms with E-state index in [1.54, 1.807) is 0 Å². The normalized spacial score (nSPS) is 20.0. The highest BCUT2D eigenvalue weighted by Crippen LogP contribution is 2.18. The van der Waals surface area contributed by atoms with Crippen LogP contribution in [-0.4, -0.2) is 31.2 Å². The minimum absolute atomic E-state index is 0.0421. The Labute approximate surface area is 114 Å². The Hall–Kier alpha value is -1.55. The molecule has 1 aromatic rings. The monoisotopic (exact) mass is 262 g/mol. The fourth-order valence-corrected chi connectivity index (χ4v) is 2.40. The predicted octanol–water partition coefficient (Wildman–Crippen LogP) is 2.42. The van der Waals surface area contributed by atoms with Gasteiger partial charge in [-0.15, -0.1) is 0 Å². The van der Waals surface area contributed by atoms with E-state index in [4.69, 9.17) is 4.74 Å². The molecule has 104 valence electrons. The van der Waals surface area contributed by atoms with E-state index < -0.39 is 0 Å². The Morgan fingerprint density at radius 1 is 1.47 bits per heavy atom. The Bertz CT molecular complexity index is 428. The Balaban J connectivity index is 2.02. The second-order valence-corrected chi connectivity index (χ2v) is 4.89. The highest BCUT2D eigenvalue weighted by molar-refractivity contribution is 5.99. The zero-order chi connectivity index (χ0) is 13.7. The van der Waals surface area contributed by atoms with Crippen LogP contribution >= 0.6 is 0 Å². The molecule has 2 unspecified atom stereocenters. The number of para-hydroxylation sites is 1. The number of amides is 1. The van der Waals surface area contributed by atoms with Gasteiger partial charge in [0.15, 0.2) is 0 Å². The molecule has 0 saturated carbocycles. The molecule has 19 heavy (non-hydrogen) atoms. The number of ether oxygens (including phenoxy) is 1. The summed E-state index contributed by atoms with van der Waals surface area (Å²) in [5.74, 6) is -0.0421. The molecule has 0 radical (unpaired) electrons. The van der Waals surface area contributed by atoms with Gasteiger partial charge in [-0.05, 0) is 38.8 Å². The smallest absolute Gasteiger partial charge is 0.253 e. The Morgan fingerprint density at radius 3 is 2.95 bits per heavy atom.